The number of nitrogens with zero attached hydrogens (tertiary/aromatic N) is 3. The molecule has 1 fully saturated rings. The number of rotatable bonds is 2. The average Bonchev–Trinajstić information content (AvgIpc) is 2.68. The number of carboxylic acids is 1. The van der Waals surface area contributed by atoms with E-state index in [9.17, 15) is 9.59 Å². The summed E-state index contributed by atoms with van der Waals surface area (Å²) >= 11 is 1.32. The molecule has 1 saturated heterocycles. The Kier molecular flexibility index (Phi) is 3.25. The predicted octanol–water partition coefficient (Wildman–Crippen LogP) is 1.21. The molecule has 0 aromatic carbocycles. The van der Waals surface area contributed by atoms with E-state index in [2.05, 4.69) is 4.98 Å². The summed E-state index contributed by atoms with van der Waals surface area (Å²) in [6.07, 6.45) is 0. The van der Waals surface area contributed by atoms with Crippen molar-refractivity contribution in [1.82, 2.24) is 9.88 Å². The van der Waals surface area contributed by atoms with Gasteiger partial charge in [0.05, 0.1) is 0 Å². The highest BCUT2D eigenvalue weighted by Gasteiger charge is 2.42. The molecule has 104 valence electrons. The highest BCUT2D eigenvalue weighted by atomic mass is 32.1. The highest BCUT2D eigenvalue weighted by Crippen LogP contribution is 2.33. The van der Waals surface area contributed by atoms with E-state index in [-0.39, 0.29) is 11.6 Å². The number of aromatic carboxylic acids is 1. The summed E-state index contributed by atoms with van der Waals surface area (Å²) in [5.41, 5.74) is -0.630. The van der Waals surface area contributed by atoms with Crippen LogP contribution in [0.15, 0.2) is 0 Å². The largest absolute Gasteiger partial charge is 0.476 e. The van der Waals surface area contributed by atoms with Crippen LogP contribution in [0.1, 0.15) is 29.2 Å². The highest BCUT2D eigenvalue weighted by molar-refractivity contribution is 7.15. The van der Waals surface area contributed by atoms with Crippen molar-refractivity contribution in [3.05, 3.63) is 10.6 Å². The summed E-state index contributed by atoms with van der Waals surface area (Å²) in [7, 11) is 1.78. The Morgan fingerprint density at radius 2 is 2.05 bits per heavy atom. The molecule has 6 nitrogen and oxygen atoms in total. The minimum Gasteiger partial charge on any atom is -0.476 e. The molecule has 0 radical (unpaired) electrons. The fraction of sp³-hybridized carbons (Fsp3) is 0.583. The maximum atomic E-state index is 12.2. The van der Waals surface area contributed by atoms with E-state index in [1.165, 1.54) is 11.3 Å². The van der Waals surface area contributed by atoms with Crippen LogP contribution in [-0.2, 0) is 4.79 Å². The van der Waals surface area contributed by atoms with Crippen molar-refractivity contribution >= 4 is 28.3 Å². The van der Waals surface area contributed by atoms with Crippen LogP contribution < -0.4 is 4.90 Å². The van der Waals surface area contributed by atoms with Crippen molar-refractivity contribution in [3.8, 4) is 0 Å². The summed E-state index contributed by atoms with van der Waals surface area (Å²) in [4.78, 5) is 31.6. The Morgan fingerprint density at radius 3 is 2.58 bits per heavy atom. The summed E-state index contributed by atoms with van der Waals surface area (Å²) in [5, 5.41) is 9.65. The van der Waals surface area contributed by atoms with Crippen molar-refractivity contribution in [2.45, 2.75) is 26.3 Å². The molecular formula is C12H17N3O3S. The molecule has 0 aliphatic carbocycles. The molecule has 7 heteroatoms. The first-order valence-corrected chi connectivity index (χ1v) is 6.80. The molecule has 1 N–H and O–H groups in total. The lowest BCUT2D eigenvalue weighted by atomic mass is 9.99. The third kappa shape index (κ3) is 2.18. The number of carbonyl (C=O) groups is 2. The van der Waals surface area contributed by atoms with Crippen molar-refractivity contribution in [3.63, 3.8) is 0 Å². The van der Waals surface area contributed by atoms with Gasteiger partial charge in [-0.05, 0) is 20.8 Å². The van der Waals surface area contributed by atoms with E-state index < -0.39 is 11.5 Å². The van der Waals surface area contributed by atoms with Crippen LogP contribution in [0, 0.1) is 6.92 Å². The Labute approximate surface area is 115 Å². The van der Waals surface area contributed by atoms with Gasteiger partial charge in [0.1, 0.15) is 5.54 Å². The van der Waals surface area contributed by atoms with Gasteiger partial charge in [0.15, 0.2) is 10.8 Å². The van der Waals surface area contributed by atoms with Gasteiger partial charge in [-0.1, -0.05) is 0 Å². The zero-order valence-corrected chi connectivity index (χ0v) is 12.2. The topological polar surface area (TPSA) is 73.7 Å². The molecule has 1 aliphatic heterocycles. The number of aryl methyl sites for hydroxylation is 1. The Morgan fingerprint density at radius 1 is 1.42 bits per heavy atom. The quantitative estimate of drug-likeness (QED) is 0.883. The molecule has 0 atom stereocenters. The van der Waals surface area contributed by atoms with Gasteiger partial charge in [-0.25, -0.2) is 9.78 Å². The molecule has 0 spiro atoms. The standard InChI is InChI=1S/C12H17N3O3S/c1-7-8(9(16)17)13-11(19-7)15-6-5-14(4)10(18)12(15,2)3/h5-6H2,1-4H3,(H,16,17). The number of carbonyl (C=O) groups excluding carboxylic acids is 1. The molecule has 0 bridgehead atoms. The molecule has 1 aliphatic rings. The normalized spacial score (nSPS) is 18.8. The van der Waals surface area contributed by atoms with Gasteiger partial charge in [0, 0.05) is 25.0 Å². The summed E-state index contributed by atoms with van der Waals surface area (Å²) < 4.78 is 0. The number of piperazine rings is 1. The lowest BCUT2D eigenvalue weighted by Crippen LogP contribution is -2.62. The van der Waals surface area contributed by atoms with Crippen LogP contribution in [0.25, 0.3) is 0 Å². The van der Waals surface area contributed by atoms with Gasteiger partial charge in [0.25, 0.3) is 0 Å². The molecule has 2 rings (SSSR count). The fourth-order valence-electron chi connectivity index (χ4n) is 2.24. The van der Waals surface area contributed by atoms with E-state index >= 15 is 0 Å². The van der Waals surface area contributed by atoms with Crippen LogP contribution in [0.4, 0.5) is 5.13 Å². The smallest absolute Gasteiger partial charge is 0.355 e. The lowest BCUT2D eigenvalue weighted by Gasteiger charge is -2.44. The number of anilines is 1. The van der Waals surface area contributed by atoms with Gasteiger partial charge >= 0.3 is 5.97 Å². The third-order valence-electron chi connectivity index (χ3n) is 3.42. The van der Waals surface area contributed by atoms with Gasteiger partial charge in [0.2, 0.25) is 5.91 Å². The number of thiazole rings is 1. The van der Waals surface area contributed by atoms with Gasteiger partial charge in [-0.15, -0.1) is 11.3 Å². The average molecular weight is 283 g/mol. The number of hydrogen-bond acceptors (Lipinski definition) is 5. The second kappa shape index (κ2) is 4.48. The molecule has 1 amide bonds. The molecule has 1 aromatic heterocycles. The fourth-order valence-corrected chi connectivity index (χ4v) is 3.31. The minimum absolute atomic E-state index is 0.0171. The van der Waals surface area contributed by atoms with Gasteiger partial charge < -0.3 is 14.9 Å². The zero-order valence-electron chi connectivity index (χ0n) is 11.4. The van der Waals surface area contributed by atoms with Gasteiger partial charge in [-0.3, -0.25) is 4.79 Å². The van der Waals surface area contributed by atoms with Crippen LogP contribution in [-0.4, -0.2) is 52.5 Å². The number of hydrogen-bond donors (Lipinski definition) is 1. The maximum Gasteiger partial charge on any atom is 0.355 e. The molecule has 0 saturated carbocycles. The van der Waals surface area contributed by atoms with E-state index in [1.54, 1.807) is 18.9 Å². The van der Waals surface area contributed by atoms with Gasteiger partial charge in [-0.2, -0.15) is 0 Å². The zero-order chi connectivity index (χ0) is 14.4. The molecule has 0 unspecified atom stereocenters. The SMILES string of the molecule is Cc1sc(N2CCN(C)C(=O)C2(C)C)nc1C(=O)O. The number of amides is 1. The second-order valence-corrected chi connectivity index (χ2v) is 6.33. The first kappa shape index (κ1) is 13.8. The number of carboxylic acid groups (broad SMARTS) is 1. The van der Waals surface area contributed by atoms with Crippen molar-refractivity contribution in [2.75, 3.05) is 25.0 Å². The lowest BCUT2D eigenvalue weighted by molar-refractivity contribution is -0.136. The predicted molar refractivity (Wildman–Crippen MR) is 72.9 cm³/mol. The van der Waals surface area contributed by atoms with Crippen molar-refractivity contribution in [2.24, 2.45) is 0 Å². The minimum atomic E-state index is -1.03. The number of aromatic nitrogens is 1. The molecule has 1 aromatic rings. The summed E-state index contributed by atoms with van der Waals surface area (Å²) in [5.74, 6) is -1.01. The van der Waals surface area contributed by atoms with Crippen LogP contribution in [0.3, 0.4) is 0 Å². The Hall–Kier alpha value is -1.63. The van der Waals surface area contributed by atoms with Crippen molar-refractivity contribution < 1.29 is 14.7 Å². The monoisotopic (exact) mass is 283 g/mol. The third-order valence-corrected chi connectivity index (χ3v) is 4.42. The maximum absolute atomic E-state index is 12.2. The second-order valence-electron chi connectivity index (χ2n) is 5.14. The van der Waals surface area contributed by atoms with E-state index in [0.29, 0.717) is 23.1 Å². The van der Waals surface area contributed by atoms with E-state index in [4.69, 9.17) is 5.11 Å². The molecule has 19 heavy (non-hydrogen) atoms. The Balaban J connectivity index is 2.39. The first-order valence-electron chi connectivity index (χ1n) is 5.99. The first-order chi connectivity index (χ1) is 8.75. The van der Waals surface area contributed by atoms with Crippen LogP contribution in [0.5, 0.6) is 0 Å². The summed E-state index contributed by atoms with van der Waals surface area (Å²) in [6.45, 7) is 6.67. The van der Waals surface area contributed by atoms with Crippen molar-refractivity contribution in [1.29, 1.82) is 0 Å². The van der Waals surface area contributed by atoms with Crippen LogP contribution >= 0.6 is 11.3 Å². The van der Waals surface area contributed by atoms with E-state index in [0.717, 1.165) is 0 Å². The van der Waals surface area contributed by atoms with E-state index in [1.807, 2.05) is 18.7 Å². The Bertz CT molecular complexity index is 538. The number of likely N-dealkylation sites (N-methyl/N-ethyl adjacent to an activating group) is 1. The van der Waals surface area contributed by atoms with Crippen LogP contribution in [0.2, 0.25) is 0 Å². The molecule has 2 heterocycles. The summed E-state index contributed by atoms with van der Waals surface area (Å²) in [6, 6.07) is 0. The molecular weight excluding hydrogens is 266 g/mol.